The average Bonchev–Trinajstić information content (AvgIpc) is 2.82. The van der Waals surface area contributed by atoms with E-state index in [1.807, 2.05) is 13.8 Å². The van der Waals surface area contributed by atoms with Crippen LogP contribution in [-0.2, 0) is 4.79 Å². The Kier molecular flexibility index (Phi) is 10.3. The van der Waals surface area contributed by atoms with Crippen LogP contribution >= 0.6 is 11.6 Å². The Balaban J connectivity index is 1.26. The van der Waals surface area contributed by atoms with Crippen LogP contribution in [0.5, 0.6) is 5.88 Å². The number of aromatic nitrogens is 1. The summed E-state index contributed by atoms with van der Waals surface area (Å²) in [5.41, 5.74) is 1.10. The first-order valence-electron chi connectivity index (χ1n) is 12.0. The Morgan fingerprint density at radius 2 is 1.65 bits per heavy atom. The number of carbonyl (C=O) groups excluding carboxylic acids is 2. The molecular formula is C26H35ClN4O3. The molecule has 0 bridgehead atoms. The minimum Gasteiger partial charge on any atom is -0.478 e. The van der Waals surface area contributed by atoms with Gasteiger partial charge in [0.05, 0.1) is 13.2 Å². The SMILES string of the molecule is CC(C)NC(=O)CN1CCN(CCCCCOc2ccc(C(=O)c3ccc(Cl)cc3)cn2)CC1. The predicted molar refractivity (Wildman–Crippen MR) is 135 cm³/mol. The third-order valence-corrected chi connectivity index (χ3v) is 6.01. The predicted octanol–water partition coefficient (Wildman–Crippen LogP) is 3.66. The Bertz CT molecular complexity index is 911. The zero-order chi connectivity index (χ0) is 24.3. The normalized spacial score (nSPS) is 14.8. The molecule has 1 aromatic carbocycles. The maximum atomic E-state index is 12.5. The van der Waals surface area contributed by atoms with E-state index >= 15 is 0 Å². The van der Waals surface area contributed by atoms with Crippen molar-refractivity contribution in [3.05, 3.63) is 58.7 Å². The van der Waals surface area contributed by atoms with Crippen LogP contribution in [0.25, 0.3) is 0 Å². The average molecular weight is 487 g/mol. The second-order valence-electron chi connectivity index (χ2n) is 8.97. The third-order valence-electron chi connectivity index (χ3n) is 5.76. The number of nitrogens with one attached hydrogen (secondary N) is 1. The number of benzene rings is 1. The molecule has 0 unspecified atom stereocenters. The molecule has 1 aliphatic rings. The molecule has 7 nitrogen and oxygen atoms in total. The van der Waals surface area contributed by atoms with E-state index in [0.717, 1.165) is 52.0 Å². The fourth-order valence-corrected chi connectivity index (χ4v) is 4.03. The summed E-state index contributed by atoms with van der Waals surface area (Å²) in [7, 11) is 0. The van der Waals surface area contributed by atoms with Crippen molar-refractivity contribution in [3.63, 3.8) is 0 Å². The van der Waals surface area contributed by atoms with Gasteiger partial charge in [0.2, 0.25) is 11.8 Å². The van der Waals surface area contributed by atoms with Gasteiger partial charge in [0.15, 0.2) is 5.78 Å². The lowest BCUT2D eigenvalue weighted by molar-refractivity contribution is -0.123. The first-order chi connectivity index (χ1) is 16.4. The topological polar surface area (TPSA) is 74.8 Å². The van der Waals surface area contributed by atoms with Crippen molar-refractivity contribution < 1.29 is 14.3 Å². The van der Waals surface area contributed by atoms with Gasteiger partial charge < -0.3 is 15.0 Å². The minimum atomic E-state index is -0.0876. The molecule has 0 spiro atoms. The molecule has 184 valence electrons. The molecule has 1 fully saturated rings. The smallest absolute Gasteiger partial charge is 0.234 e. The van der Waals surface area contributed by atoms with Gasteiger partial charge in [-0.2, -0.15) is 0 Å². The molecule has 2 aromatic rings. The van der Waals surface area contributed by atoms with Gasteiger partial charge in [0.25, 0.3) is 0 Å². The highest BCUT2D eigenvalue weighted by Gasteiger charge is 2.18. The van der Waals surface area contributed by atoms with Crippen molar-refractivity contribution in [1.82, 2.24) is 20.1 Å². The fraction of sp³-hybridized carbons (Fsp3) is 0.500. The van der Waals surface area contributed by atoms with Crippen molar-refractivity contribution in [3.8, 4) is 5.88 Å². The molecule has 1 amide bonds. The number of ether oxygens (including phenoxy) is 1. The highest BCUT2D eigenvalue weighted by atomic mass is 35.5. The molecule has 0 aliphatic carbocycles. The fourth-order valence-electron chi connectivity index (χ4n) is 3.90. The standard InChI is InChI=1S/C26H35ClN4O3/c1-20(2)29-24(32)19-31-15-13-30(14-16-31)12-4-3-5-17-34-25-11-8-22(18-28-25)26(33)21-6-9-23(27)10-7-21/h6-11,18,20H,3-5,12-17,19H2,1-2H3,(H,29,32). The summed E-state index contributed by atoms with van der Waals surface area (Å²) in [6, 6.07) is 10.5. The van der Waals surface area contributed by atoms with Crippen LogP contribution in [0.1, 0.15) is 49.0 Å². The lowest BCUT2D eigenvalue weighted by Gasteiger charge is -2.34. The van der Waals surface area contributed by atoms with Crippen molar-refractivity contribution in [2.75, 3.05) is 45.9 Å². The highest BCUT2D eigenvalue weighted by molar-refractivity contribution is 6.30. The first kappa shape index (κ1) is 26.1. The summed E-state index contributed by atoms with van der Waals surface area (Å²) < 4.78 is 5.73. The molecule has 0 atom stereocenters. The van der Waals surface area contributed by atoms with Crippen LogP contribution in [0.2, 0.25) is 5.02 Å². The first-order valence-corrected chi connectivity index (χ1v) is 12.4. The quantitative estimate of drug-likeness (QED) is 0.364. The molecule has 34 heavy (non-hydrogen) atoms. The number of rotatable bonds is 12. The maximum absolute atomic E-state index is 12.5. The largest absolute Gasteiger partial charge is 0.478 e. The van der Waals surface area contributed by atoms with E-state index in [9.17, 15) is 9.59 Å². The molecule has 1 aliphatic heterocycles. The minimum absolute atomic E-state index is 0.0876. The van der Waals surface area contributed by atoms with Gasteiger partial charge in [-0.15, -0.1) is 0 Å². The summed E-state index contributed by atoms with van der Waals surface area (Å²) in [5, 5.41) is 3.55. The second-order valence-corrected chi connectivity index (χ2v) is 9.41. The monoisotopic (exact) mass is 486 g/mol. The van der Waals surface area contributed by atoms with Gasteiger partial charge in [-0.05, 0) is 70.0 Å². The number of nitrogens with zero attached hydrogens (tertiary/aromatic N) is 3. The van der Waals surface area contributed by atoms with Gasteiger partial charge in [-0.25, -0.2) is 4.98 Å². The molecule has 1 N–H and O–H groups in total. The zero-order valence-corrected chi connectivity index (χ0v) is 20.9. The van der Waals surface area contributed by atoms with Crippen LogP contribution in [0.3, 0.4) is 0 Å². The number of carbonyl (C=O) groups is 2. The van der Waals surface area contributed by atoms with Gasteiger partial charge in [-0.3, -0.25) is 14.5 Å². The van der Waals surface area contributed by atoms with Crippen molar-refractivity contribution in [1.29, 1.82) is 0 Å². The lowest BCUT2D eigenvalue weighted by atomic mass is 10.1. The molecule has 0 radical (unpaired) electrons. The molecule has 8 heteroatoms. The molecule has 1 saturated heterocycles. The van der Waals surface area contributed by atoms with Crippen molar-refractivity contribution in [2.45, 2.75) is 39.2 Å². The second kappa shape index (κ2) is 13.4. The summed E-state index contributed by atoms with van der Waals surface area (Å²) in [5.74, 6) is 0.557. The Labute approximate surface area is 207 Å². The van der Waals surface area contributed by atoms with Gasteiger partial charge in [0.1, 0.15) is 0 Å². The van der Waals surface area contributed by atoms with E-state index < -0.39 is 0 Å². The number of ketones is 1. The Hall–Kier alpha value is -2.48. The van der Waals surface area contributed by atoms with E-state index in [4.69, 9.17) is 16.3 Å². The number of pyridine rings is 1. The van der Waals surface area contributed by atoms with Crippen LogP contribution in [-0.4, -0.2) is 78.4 Å². The third kappa shape index (κ3) is 8.70. The van der Waals surface area contributed by atoms with Crippen LogP contribution < -0.4 is 10.1 Å². The van der Waals surface area contributed by atoms with E-state index in [-0.39, 0.29) is 17.7 Å². The van der Waals surface area contributed by atoms with E-state index in [1.54, 1.807) is 42.6 Å². The summed E-state index contributed by atoms with van der Waals surface area (Å²) in [6.07, 6.45) is 4.73. The Morgan fingerprint density at radius 3 is 2.29 bits per heavy atom. The highest BCUT2D eigenvalue weighted by Crippen LogP contribution is 2.15. The lowest BCUT2D eigenvalue weighted by Crippen LogP contribution is -2.50. The van der Waals surface area contributed by atoms with E-state index in [2.05, 4.69) is 20.1 Å². The summed E-state index contributed by atoms with van der Waals surface area (Å²) in [4.78, 5) is 33.3. The summed E-state index contributed by atoms with van der Waals surface area (Å²) in [6.45, 7) is 10.1. The molecular weight excluding hydrogens is 452 g/mol. The van der Waals surface area contributed by atoms with Crippen molar-refractivity contribution in [2.24, 2.45) is 0 Å². The molecule has 2 heterocycles. The number of hydrogen-bond acceptors (Lipinski definition) is 6. The van der Waals surface area contributed by atoms with Crippen LogP contribution in [0.15, 0.2) is 42.6 Å². The number of hydrogen-bond donors (Lipinski definition) is 1. The van der Waals surface area contributed by atoms with E-state index in [0.29, 0.717) is 35.2 Å². The molecule has 3 rings (SSSR count). The van der Waals surface area contributed by atoms with Crippen LogP contribution in [0.4, 0.5) is 0 Å². The van der Waals surface area contributed by atoms with Gasteiger partial charge in [0, 0.05) is 60.6 Å². The molecule has 0 saturated carbocycles. The number of piperazine rings is 1. The Morgan fingerprint density at radius 1 is 0.971 bits per heavy atom. The van der Waals surface area contributed by atoms with Gasteiger partial charge in [-0.1, -0.05) is 11.6 Å². The van der Waals surface area contributed by atoms with Gasteiger partial charge >= 0.3 is 0 Å². The summed E-state index contributed by atoms with van der Waals surface area (Å²) >= 11 is 5.88. The number of amides is 1. The zero-order valence-electron chi connectivity index (χ0n) is 20.1. The maximum Gasteiger partial charge on any atom is 0.234 e. The number of halogens is 1. The van der Waals surface area contributed by atoms with Crippen molar-refractivity contribution >= 4 is 23.3 Å². The number of unbranched alkanes of at least 4 members (excludes halogenated alkanes) is 2. The van der Waals surface area contributed by atoms with E-state index in [1.165, 1.54) is 0 Å². The van der Waals surface area contributed by atoms with Crippen LogP contribution in [0, 0.1) is 0 Å². The molecule has 1 aromatic heterocycles.